The van der Waals surface area contributed by atoms with Crippen LogP contribution in [0.5, 0.6) is 0 Å². The number of carbonyl (C=O) groups excluding carboxylic acids is 1. The zero-order chi connectivity index (χ0) is 10.8. The van der Waals surface area contributed by atoms with Gasteiger partial charge in [-0.1, -0.05) is 0 Å². The van der Waals surface area contributed by atoms with Crippen molar-refractivity contribution in [3.05, 3.63) is 0 Å². The fraction of sp³-hybridized carbons (Fsp3) is 0.900. The zero-order valence-electron chi connectivity index (χ0n) is 9.12. The lowest BCUT2D eigenvalue weighted by Crippen LogP contribution is -2.49. The maximum absolute atomic E-state index is 12.0. The predicted molar refractivity (Wildman–Crippen MR) is 52.9 cm³/mol. The number of nitrogens with zero attached hydrogens (tertiary/aromatic N) is 1. The first-order valence-electron chi connectivity index (χ1n) is 5.00. The smallest absolute Gasteiger partial charge is 0.254 e. The van der Waals surface area contributed by atoms with Gasteiger partial charge in [0.05, 0.1) is 12.6 Å². The van der Waals surface area contributed by atoms with Crippen LogP contribution >= 0.6 is 0 Å². The van der Waals surface area contributed by atoms with Crippen LogP contribution in [0.4, 0.5) is 0 Å². The van der Waals surface area contributed by atoms with Gasteiger partial charge in [0.1, 0.15) is 5.60 Å². The Morgan fingerprint density at radius 3 is 2.79 bits per heavy atom. The number of hydrogen-bond acceptors (Lipinski definition) is 3. The van der Waals surface area contributed by atoms with Crippen molar-refractivity contribution in [3.8, 4) is 0 Å². The van der Waals surface area contributed by atoms with E-state index in [1.54, 1.807) is 18.7 Å². The van der Waals surface area contributed by atoms with Crippen LogP contribution in [0.3, 0.4) is 0 Å². The van der Waals surface area contributed by atoms with Crippen LogP contribution in [0.25, 0.3) is 0 Å². The standard InChI is InChI=1S/C10H19NO3/c1-10(2,14-3)9(13)11-6-4-5-8(11)7-12/h8,12H,4-7H2,1-3H3/t8-/m0/s1. The van der Waals surface area contributed by atoms with Crippen LogP contribution in [-0.2, 0) is 9.53 Å². The van der Waals surface area contributed by atoms with E-state index < -0.39 is 5.60 Å². The molecule has 1 aliphatic rings. The van der Waals surface area contributed by atoms with Gasteiger partial charge in [-0.2, -0.15) is 0 Å². The topological polar surface area (TPSA) is 49.8 Å². The highest BCUT2D eigenvalue weighted by Gasteiger charge is 2.37. The number of aliphatic hydroxyl groups excluding tert-OH is 1. The van der Waals surface area contributed by atoms with Crippen LogP contribution in [0.15, 0.2) is 0 Å². The van der Waals surface area contributed by atoms with Crippen LogP contribution in [0.2, 0.25) is 0 Å². The number of rotatable bonds is 3. The minimum atomic E-state index is -0.780. The molecule has 0 aromatic heterocycles. The molecule has 0 aliphatic carbocycles. The summed E-state index contributed by atoms with van der Waals surface area (Å²) in [6, 6.07) is -0.0167. The van der Waals surface area contributed by atoms with E-state index in [1.165, 1.54) is 7.11 Å². The van der Waals surface area contributed by atoms with Gasteiger partial charge in [-0.25, -0.2) is 0 Å². The molecular formula is C10H19NO3. The Kier molecular flexibility index (Phi) is 3.50. The van der Waals surface area contributed by atoms with Gasteiger partial charge in [-0.15, -0.1) is 0 Å². The number of aliphatic hydroxyl groups is 1. The van der Waals surface area contributed by atoms with Crippen LogP contribution in [0, 0.1) is 0 Å². The molecule has 0 unspecified atom stereocenters. The fourth-order valence-electron chi connectivity index (χ4n) is 1.73. The third-order valence-corrected chi connectivity index (χ3v) is 2.87. The molecule has 1 amide bonds. The lowest BCUT2D eigenvalue weighted by Gasteiger charge is -2.31. The molecule has 1 heterocycles. The maximum Gasteiger partial charge on any atom is 0.254 e. The van der Waals surface area contributed by atoms with Crippen LogP contribution in [-0.4, -0.2) is 47.8 Å². The van der Waals surface area contributed by atoms with Gasteiger partial charge in [0.15, 0.2) is 0 Å². The number of methoxy groups -OCH3 is 1. The van der Waals surface area contributed by atoms with E-state index in [9.17, 15) is 4.79 Å². The molecule has 82 valence electrons. The van der Waals surface area contributed by atoms with Gasteiger partial charge in [0.25, 0.3) is 5.91 Å². The molecule has 1 rings (SSSR count). The van der Waals surface area contributed by atoms with Gasteiger partial charge in [0.2, 0.25) is 0 Å². The van der Waals surface area contributed by atoms with E-state index in [-0.39, 0.29) is 18.6 Å². The van der Waals surface area contributed by atoms with Crippen molar-refractivity contribution in [2.45, 2.75) is 38.3 Å². The Morgan fingerprint density at radius 1 is 1.64 bits per heavy atom. The van der Waals surface area contributed by atoms with Crippen LogP contribution in [0.1, 0.15) is 26.7 Å². The minimum absolute atomic E-state index is 0.0167. The fourth-order valence-corrected chi connectivity index (χ4v) is 1.73. The van der Waals surface area contributed by atoms with Gasteiger partial charge >= 0.3 is 0 Å². The molecule has 1 N–H and O–H groups in total. The molecule has 14 heavy (non-hydrogen) atoms. The van der Waals surface area contributed by atoms with Crippen molar-refractivity contribution in [2.24, 2.45) is 0 Å². The summed E-state index contributed by atoms with van der Waals surface area (Å²) in [4.78, 5) is 13.7. The van der Waals surface area contributed by atoms with E-state index in [0.717, 1.165) is 19.4 Å². The van der Waals surface area contributed by atoms with Crippen molar-refractivity contribution < 1.29 is 14.6 Å². The lowest BCUT2D eigenvalue weighted by atomic mass is 10.1. The summed E-state index contributed by atoms with van der Waals surface area (Å²) in [6.45, 7) is 4.28. The molecule has 4 heteroatoms. The van der Waals surface area contributed by atoms with E-state index >= 15 is 0 Å². The van der Waals surface area contributed by atoms with Crippen molar-refractivity contribution in [2.75, 3.05) is 20.3 Å². The molecule has 0 aromatic rings. The highest BCUT2D eigenvalue weighted by molar-refractivity contribution is 5.84. The second-order valence-electron chi connectivity index (χ2n) is 4.19. The van der Waals surface area contributed by atoms with Crippen molar-refractivity contribution in [3.63, 3.8) is 0 Å². The molecule has 1 fully saturated rings. The third kappa shape index (κ3) is 2.07. The Morgan fingerprint density at radius 2 is 2.29 bits per heavy atom. The largest absolute Gasteiger partial charge is 0.394 e. The molecule has 4 nitrogen and oxygen atoms in total. The van der Waals surface area contributed by atoms with E-state index in [4.69, 9.17) is 9.84 Å². The molecule has 0 radical (unpaired) electrons. The molecule has 0 saturated carbocycles. The van der Waals surface area contributed by atoms with E-state index in [0.29, 0.717) is 0 Å². The number of hydrogen-bond donors (Lipinski definition) is 1. The average Bonchev–Trinajstić information content (AvgIpc) is 2.64. The molecule has 1 atom stereocenters. The maximum atomic E-state index is 12.0. The minimum Gasteiger partial charge on any atom is -0.394 e. The second kappa shape index (κ2) is 4.28. The molecule has 0 aromatic carbocycles. The van der Waals surface area contributed by atoms with Gasteiger partial charge in [-0.05, 0) is 26.7 Å². The van der Waals surface area contributed by atoms with Crippen LogP contribution < -0.4 is 0 Å². The summed E-state index contributed by atoms with van der Waals surface area (Å²) in [6.07, 6.45) is 1.86. The van der Waals surface area contributed by atoms with Crippen molar-refractivity contribution in [1.29, 1.82) is 0 Å². The summed E-state index contributed by atoms with van der Waals surface area (Å²) in [7, 11) is 1.53. The molecule has 0 bridgehead atoms. The van der Waals surface area contributed by atoms with E-state index in [2.05, 4.69) is 0 Å². The summed E-state index contributed by atoms with van der Waals surface area (Å²) in [5.74, 6) is -0.0310. The summed E-state index contributed by atoms with van der Waals surface area (Å²) in [5, 5.41) is 9.09. The van der Waals surface area contributed by atoms with Gasteiger partial charge < -0.3 is 14.7 Å². The van der Waals surface area contributed by atoms with Gasteiger partial charge in [0, 0.05) is 13.7 Å². The van der Waals surface area contributed by atoms with Crippen molar-refractivity contribution in [1.82, 2.24) is 4.90 Å². The molecule has 1 aliphatic heterocycles. The Bertz CT molecular complexity index is 215. The second-order valence-corrected chi connectivity index (χ2v) is 4.19. The highest BCUT2D eigenvalue weighted by Crippen LogP contribution is 2.22. The third-order valence-electron chi connectivity index (χ3n) is 2.87. The first-order chi connectivity index (χ1) is 6.53. The first kappa shape index (κ1) is 11.5. The monoisotopic (exact) mass is 201 g/mol. The summed E-state index contributed by atoms with van der Waals surface area (Å²) >= 11 is 0. The van der Waals surface area contributed by atoms with Gasteiger partial charge in [-0.3, -0.25) is 4.79 Å². The SMILES string of the molecule is COC(C)(C)C(=O)N1CCC[C@H]1CO. The molecule has 1 saturated heterocycles. The molecular weight excluding hydrogens is 182 g/mol. The Labute approximate surface area is 84.8 Å². The zero-order valence-corrected chi connectivity index (χ0v) is 9.12. The average molecular weight is 201 g/mol. The molecule has 0 spiro atoms. The number of amides is 1. The Balaban J connectivity index is 2.69. The number of carbonyl (C=O) groups is 1. The predicted octanol–water partition coefficient (Wildman–Crippen LogP) is 0.395. The number of likely N-dealkylation sites (tertiary alicyclic amines) is 1. The summed E-state index contributed by atoms with van der Waals surface area (Å²) in [5.41, 5.74) is -0.780. The lowest BCUT2D eigenvalue weighted by molar-refractivity contribution is -0.152. The Hall–Kier alpha value is -0.610. The quantitative estimate of drug-likeness (QED) is 0.719. The highest BCUT2D eigenvalue weighted by atomic mass is 16.5. The van der Waals surface area contributed by atoms with E-state index in [1.807, 2.05) is 0 Å². The normalized spacial score (nSPS) is 22.9. The number of ether oxygens (including phenoxy) is 1. The first-order valence-corrected chi connectivity index (χ1v) is 5.00. The summed E-state index contributed by atoms with van der Waals surface area (Å²) < 4.78 is 5.13. The van der Waals surface area contributed by atoms with Crippen molar-refractivity contribution >= 4 is 5.91 Å².